The molecule has 2 aliphatic heterocycles. The lowest BCUT2D eigenvalue weighted by molar-refractivity contribution is -0.129. The number of hydrogen-bond acceptors (Lipinski definition) is 20. The van der Waals surface area contributed by atoms with E-state index in [4.69, 9.17) is 43.0 Å². The Morgan fingerprint density at radius 1 is 0.478 bits per heavy atom. The van der Waals surface area contributed by atoms with Crippen LogP contribution >= 0.6 is 10.7 Å². The number of hydrogen-bond donors (Lipinski definition) is 2. The van der Waals surface area contributed by atoms with Gasteiger partial charge in [0.25, 0.3) is 0 Å². The Balaban J connectivity index is 0.000000305. The van der Waals surface area contributed by atoms with Crippen LogP contribution in [0.3, 0.4) is 0 Å². The second-order valence-corrected chi connectivity index (χ2v) is 23.6. The van der Waals surface area contributed by atoms with E-state index in [1.807, 2.05) is 86.6 Å². The fourth-order valence-electron chi connectivity index (χ4n) is 6.85. The Morgan fingerprint density at radius 2 is 0.815 bits per heavy atom. The molecule has 0 spiro atoms. The lowest BCUT2D eigenvalue weighted by atomic mass is 10.2. The summed E-state index contributed by atoms with van der Waals surface area (Å²) in [5.41, 5.74) is 4.32. The van der Waals surface area contributed by atoms with E-state index in [1.165, 1.54) is 98.5 Å². The van der Waals surface area contributed by atoms with E-state index < -0.39 is 55.0 Å². The monoisotopic (exact) mass is 1320 g/mol. The van der Waals surface area contributed by atoms with E-state index >= 15 is 0 Å². The number of aromatic carboxylic acids is 1. The number of carboxylic acid groups (broad SMARTS) is 1. The fourth-order valence-corrected chi connectivity index (χ4v) is 7.22. The molecule has 92 heavy (non-hydrogen) atoms. The highest BCUT2D eigenvalue weighted by molar-refractivity contribution is 8.13. The highest BCUT2D eigenvalue weighted by Crippen LogP contribution is 2.26. The van der Waals surface area contributed by atoms with Crippen molar-refractivity contribution >= 4 is 65.7 Å². The topological polar surface area (TPSA) is 294 Å². The summed E-state index contributed by atoms with van der Waals surface area (Å²) in [5.74, 6) is -1.27. The highest BCUT2D eigenvalue weighted by atomic mass is 35.7. The van der Waals surface area contributed by atoms with Crippen molar-refractivity contribution in [1.82, 2.24) is 0 Å². The van der Waals surface area contributed by atoms with Crippen LogP contribution < -0.4 is 28.4 Å². The average molecular weight is 1320 g/mol. The molecule has 0 saturated carbocycles. The normalized spacial score (nSPS) is 11.6. The fraction of sp³-hybridized carbons (Fsp3) is 0.206. The summed E-state index contributed by atoms with van der Waals surface area (Å²) in [6.07, 6.45) is 9.90. The molecule has 0 bridgehead atoms. The number of aryl methyl sites for hydroxylation is 2. The van der Waals surface area contributed by atoms with E-state index in [2.05, 4.69) is 34.6 Å². The zero-order valence-corrected chi connectivity index (χ0v) is 53.3. The highest BCUT2D eigenvalue weighted by Gasteiger charge is 2.15. The number of benzene rings is 7. The molecule has 0 amide bonds. The molecule has 0 atom stereocenters. The van der Waals surface area contributed by atoms with Crippen molar-refractivity contribution in [2.24, 2.45) is 0 Å². The van der Waals surface area contributed by atoms with Gasteiger partial charge in [0.2, 0.25) is 9.05 Å². The molecule has 0 aliphatic carbocycles. The third kappa shape index (κ3) is 34.2. The number of phenols is 1. The van der Waals surface area contributed by atoms with Gasteiger partial charge in [-0.15, -0.1) is 0 Å². The number of phenolic OH excluding ortho intramolecular Hbond substituents is 1. The van der Waals surface area contributed by atoms with Gasteiger partial charge in [0.05, 0.1) is 29.2 Å². The van der Waals surface area contributed by atoms with Gasteiger partial charge in [-0.25, -0.2) is 37.2 Å². The van der Waals surface area contributed by atoms with Crippen molar-refractivity contribution in [2.75, 3.05) is 38.9 Å². The minimum absolute atomic E-state index is 0.0267. The maximum absolute atomic E-state index is 12.4. The number of carboxylic acids is 1. The van der Waals surface area contributed by atoms with Crippen LogP contribution in [0, 0.1) is 13.8 Å². The number of aromatic hydroxyl groups is 1. The Kier molecular flexibility index (Phi) is 34.4. The van der Waals surface area contributed by atoms with Gasteiger partial charge in [0.15, 0.2) is 0 Å². The molecule has 0 aromatic heterocycles. The summed E-state index contributed by atoms with van der Waals surface area (Å²) in [6, 6.07) is 47.2. The van der Waals surface area contributed by atoms with Crippen LogP contribution in [0.4, 0.5) is 0 Å². The molecule has 24 heteroatoms. The Bertz CT molecular complexity index is 3690. The summed E-state index contributed by atoms with van der Waals surface area (Å²) in [5, 5.41) is 18.0. The summed E-state index contributed by atoms with van der Waals surface area (Å²) < 4.78 is 85.7. The Labute approximate surface area is 539 Å². The molecule has 7 aromatic rings. The van der Waals surface area contributed by atoms with E-state index in [-0.39, 0.29) is 16.9 Å². The quantitative estimate of drug-likeness (QED) is 0.0281. The van der Waals surface area contributed by atoms with Crippen molar-refractivity contribution in [3.05, 3.63) is 247 Å². The minimum Gasteiger partial charge on any atom is -0.508 e. The standard InChI is InChI=1S/C24H20O5.C14H14O2.C11H10O6S.C10H8O4.2C4H8O.CH3ClO2S/c1-3-23(25)28-20-11-9-19(10-12-20)24(26)29-22-14-13-21(15-17(22)2)27-16-18-7-5-4-6-8-18;1-11-9-13(7-8-14(11)15)16-10-12-5-3-2-4-6-12;1-3-10(12)16-9-6-4-8(5-7-9)11(13)17-18(2,14)15;1-2-9(11)14-8-5-3-7(4-6-8)10(12)13;2*1-2-4-5-3-1;1-5(2,3)4/h3-15H,1,16H2,2H3;2-9,15H,10H2,1H3;3-7H,1H2,2H3;2-6H,1H2,(H,12,13);2*1-4H2;1H3. The first-order chi connectivity index (χ1) is 43.7. The maximum Gasteiger partial charge on any atom is 0.353 e. The Morgan fingerprint density at radius 3 is 1.13 bits per heavy atom. The van der Waals surface area contributed by atoms with Gasteiger partial charge in [-0.1, -0.05) is 80.4 Å². The number of ether oxygens (including phenoxy) is 8. The van der Waals surface area contributed by atoms with Gasteiger partial charge in [-0.05, 0) is 171 Å². The van der Waals surface area contributed by atoms with E-state index in [1.54, 1.807) is 24.3 Å². The summed E-state index contributed by atoms with van der Waals surface area (Å²) in [4.78, 5) is 67.0. The smallest absolute Gasteiger partial charge is 0.353 e. The van der Waals surface area contributed by atoms with Crippen molar-refractivity contribution in [1.29, 1.82) is 0 Å². The van der Waals surface area contributed by atoms with Gasteiger partial charge in [-0.2, -0.15) is 8.42 Å². The molecule has 7 aromatic carbocycles. The minimum atomic E-state index is -3.85. The molecule has 2 heterocycles. The summed E-state index contributed by atoms with van der Waals surface area (Å²) in [6.45, 7) is 18.5. The molecule has 2 N–H and O–H groups in total. The first-order valence-electron chi connectivity index (χ1n) is 27.8. The van der Waals surface area contributed by atoms with E-state index in [0.717, 1.165) is 85.2 Å². The average Bonchev–Trinajstić information content (AvgIpc) is 4.35. The van der Waals surface area contributed by atoms with Gasteiger partial charge >= 0.3 is 45.9 Å². The van der Waals surface area contributed by atoms with E-state index in [9.17, 15) is 50.7 Å². The number of halogens is 1. The number of rotatable bonds is 17. The molecule has 2 fully saturated rings. The van der Waals surface area contributed by atoms with Gasteiger partial charge in [-0.3, -0.25) is 0 Å². The van der Waals surface area contributed by atoms with Crippen LogP contribution in [0.2, 0.25) is 0 Å². The predicted octanol–water partition coefficient (Wildman–Crippen LogP) is 12.3. The van der Waals surface area contributed by atoms with Crippen LogP contribution in [0.1, 0.15) is 79.0 Å². The molecule has 21 nitrogen and oxygen atoms in total. The Hall–Kier alpha value is -9.91. The summed E-state index contributed by atoms with van der Waals surface area (Å²) >= 11 is 0. The lowest BCUT2D eigenvalue weighted by Gasteiger charge is -2.11. The third-order valence-corrected chi connectivity index (χ3v) is 11.8. The molecule has 488 valence electrons. The van der Waals surface area contributed by atoms with Crippen molar-refractivity contribution < 1.29 is 97.9 Å². The molecule has 0 radical (unpaired) electrons. The predicted molar refractivity (Wildman–Crippen MR) is 345 cm³/mol. The van der Waals surface area contributed by atoms with Gasteiger partial charge in [0, 0.05) is 55.3 Å². The van der Waals surface area contributed by atoms with Gasteiger partial charge in [0.1, 0.15) is 53.5 Å². The maximum atomic E-state index is 12.4. The number of carbonyl (C=O) groups excluding carboxylic acids is 5. The van der Waals surface area contributed by atoms with Crippen LogP contribution in [-0.4, -0.2) is 102 Å². The zero-order valence-electron chi connectivity index (χ0n) is 50.9. The molecule has 9 rings (SSSR count). The zero-order chi connectivity index (χ0) is 67.9. The van der Waals surface area contributed by atoms with E-state index in [0.29, 0.717) is 47.5 Å². The van der Waals surface area contributed by atoms with Crippen molar-refractivity contribution in [3.63, 3.8) is 0 Å². The second kappa shape index (κ2) is 41.4. The first kappa shape index (κ1) is 76.3. The molecule has 2 aliphatic rings. The van der Waals surface area contributed by atoms with Crippen molar-refractivity contribution in [3.8, 4) is 40.2 Å². The van der Waals surface area contributed by atoms with Crippen LogP contribution in [-0.2, 0) is 60.4 Å². The second-order valence-electron chi connectivity index (χ2n) is 19.0. The largest absolute Gasteiger partial charge is 0.508 e. The van der Waals surface area contributed by atoms with Crippen molar-refractivity contribution in [2.45, 2.75) is 52.7 Å². The SMILES string of the molecule is C1CCOC1.C1CCOC1.C=CC(=O)Oc1ccc(C(=O)O)cc1.C=CC(=O)Oc1ccc(C(=O)OS(C)(=O)=O)cc1.C=CC(=O)Oc1ccc(C(=O)Oc2ccc(OCc3ccccc3)cc2C)cc1.CS(=O)(=O)Cl.Cc1cc(OCc2ccccc2)ccc1O. The first-order valence-corrected chi connectivity index (χ1v) is 32.3. The number of esters is 4. The third-order valence-electron chi connectivity index (χ3n) is 11.3. The van der Waals surface area contributed by atoms with Gasteiger partial charge < -0.3 is 52.3 Å². The van der Waals surface area contributed by atoms with Crippen LogP contribution in [0.5, 0.6) is 40.2 Å². The molecular weight excluding hydrogens is 1250 g/mol. The molecule has 0 unspecified atom stereocenters. The number of carbonyl (C=O) groups is 6. The lowest BCUT2D eigenvalue weighted by Crippen LogP contribution is -2.11. The van der Waals surface area contributed by atoms with Crippen LogP contribution in [0.25, 0.3) is 0 Å². The molecule has 2 saturated heterocycles. The summed E-state index contributed by atoms with van der Waals surface area (Å²) in [7, 11) is -2.54. The molecular formula is C68H71ClO21S2. The van der Waals surface area contributed by atoms with Crippen LogP contribution in [0.15, 0.2) is 208 Å².